The molecule has 0 radical (unpaired) electrons. The minimum absolute atomic E-state index is 0.0567. The molecule has 8 rings (SSSR count). The molecule has 6 aromatic rings. The van der Waals surface area contributed by atoms with Crippen molar-refractivity contribution in [2.24, 2.45) is 17.8 Å². The van der Waals surface area contributed by atoms with Crippen LogP contribution in [0.15, 0.2) is 215 Å². The van der Waals surface area contributed by atoms with Crippen LogP contribution in [-0.4, -0.2) is 0 Å². The van der Waals surface area contributed by atoms with Crippen LogP contribution in [0.1, 0.15) is 100 Å². The number of aryl methyl sites for hydroxylation is 6. The molecule has 0 aliphatic heterocycles. The van der Waals surface area contributed by atoms with E-state index in [2.05, 4.69) is 280 Å². The summed E-state index contributed by atoms with van der Waals surface area (Å²) in [5.41, 5.74) is 22.1. The van der Waals surface area contributed by atoms with Crippen molar-refractivity contribution in [3.63, 3.8) is 0 Å². The Morgan fingerprint density at radius 2 is 0.887 bits per heavy atom. The predicted octanol–water partition coefficient (Wildman–Crippen LogP) is 17.1. The molecule has 2 aliphatic rings. The van der Waals surface area contributed by atoms with Crippen LogP contribution in [0.2, 0.25) is 0 Å². The summed E-state index contributed by atoms with van der Waals surface area (Å²) in [6.45, 7) is 19.7. The Balaban J connectivity index is 1.61. The van der Waals surface area contributed by atoms with Crippen LogP contribution in [0.3, 0.4) is 0 Å². The molecule has 3 unspecified atom stereocenters. The summed E-state index contributed by atoms with van der Waals surface area (Å²) in [6.07, 6.45) is 16.5. The fraction of sp³-hybridized carbons (Fsp3) is 0.211. The van der Waals surface area contributed by atoms with Gasteiger partial charge in [-0.2, -0.15) is 0 Å². The highest BCUT2D eigenvalue weighted by molar-refractivity contribution is 6.02. The summed E-state index contributed by atoms with van der Waals surface area (Å²) in [4.78, 5) is 0. The van der Waals surface area contributed by atoms with Gasteiger partial charge in [0.1, 0.15) is 0 Å². The molecule has 0 saturated heterocycles. The maximum absolute atomic E-state index is 3.99. The van der Waals surface area contributed by atoms with Gasteiger partial charge in [-0.05, 0) is 137 Å². The summed E-state index contributed by atoms with van der Waals surface area (Å²) in [7, 11) is 0. The summed E-state index contributed by atoms with van der Waals surface area (Å²) >= 11 is 0. The number of hydrogen-bond acceptors (Lipinski definition) is 0. The molecule has 0 fully saturated rings. The van der Waals surface area contributed by atoms with Gasteiger partial charge in [-0.1, -0.05) is 234 Å². The van der Waals surface area contributed by atoms with Gasteiger partial charge in [-0.25, -0.2) is 0 Å². The highest BCUT2D eigenvalue weighted by atomic mass is 14.3. The van der Waals surface area contributed by atoms with E-state index in [1.165, 1.54) is 55.7 Å². The average Bonchev–Trinajstić information content (AvgIpc) is 3.36. The summed E-state index contributed by atoms with van der Waals surface area (Å²) in [5.74, 6) is 23.8. The van der Waals surface area contributed by atoms with Crippen molar-refractivity contribution in [1.82, 2.24) is 0 Å². The standard InChI is InChI=1S/C71H66/c1-49-10-25-58(26-11-49)35-42-65(47-61-31-16-52(4)17-32-61)70(63-38-20-54(6)21-39-63)68(45-37-60-29-14-51(3)15-30-60)71(64-40-22-55(7)23-41-64)67(44-36-59-27-12-50(2)13-28-59)69(48-62-33-18-53(5)19-34-62)66-43-24-56(8)46-57(66)9/h10-16,18-34,38-41,43,46,52,57,66H,17,47-48H2,1-9H3/b69-67+,70-65-,71-68-. The van der Waals surface area contributed by atoms with E-state index >= 15 is 0 Å². The van der Waals surface area contributed by atoms with Crippen molar-refractivity contribution in [3.8, 4) is 35.5 Å². The Morgan fingerprint density at radius 1 is 0.451 bits per heavy atom. The van der Waals surface area contributed by atoms with E-state index in [4.69, 9.17) is 0 Å². The molecule has 2 aliphatic carbocycles. The van der Waals surface area contributed by atoms with Crippen LogP contribution in [0.4, 0.5) is 0 Å². The smallest absolute Gasteiger partial charge is 0.0427 e. The topological polar surface area (TPSA) is 0 Å². The lowest BCUT2D eigenvalue weighted by atomic mass is 9.74. The van der Waals surface area contributed by atoms with E-state index in [1.54, 1.807) is 0 Å². The molecule has 0 heterocycles. The normalized spacial score (nSPS) is 17.1. The van der Waals surface area contributed by atoms with Crippen LogP contribution in [0.25, 0.3) is 11.1 Å². The van der Waals surface area contributed by atoms with Crippen LogP contribution in [-0.2, 0) is 6.42 Å². The molecule has 3 atom stereocenters. The minimum atomic E-state index is 0.0567. The average molecular weight is 919 g/mol. The van der Waals surface area contributed by atoms with E-state index in [-0.39, 0.29) is 11.8 Å². The fourth-order valence-corrected chi connectivity index (χ4v) is 9.24. The summed E-state index contributed by atoms with van der Waals surface area (Å²) in [5, 5.41) is 0. The van der Waals surface area contributed by atoms with Gasteiger partial charge in [0.05, 0.1) is 0 Å². The third-order valence-corrected chi connectivity index (χ3v) is 13.6. The second-order valence-electron chi connectivity index (χ2n) is 19.9. The Labute approximate surface area is 426 Å². The number of rotatable bonds is 9. The van der Waals surface area contributed by atoms with Crippen molar-refractivity contribution >= 4 is 11.1 Å². The molecular weight excluding hydrogens is 853 g/mol. The molecule has 71 heavy (non-hydrogen) atoms. The Morgan fingerprint density at radius 3 is 1.35 bits per heavy atom. The molecule has 0 bridgehead atoms. The van der Waals surface area contributed by atoms with Gasteiger partial charge in [-0.3, -0.25) is 0 Å². The first-order valence-electron chi connectivity index (χ1n) is 25.3. The lowest BCUT2D eigenvalue weighted by Gasteiger charge is -2.29. The first-order chi connectivity index (χ1) is 34.3. The zero-order chi connectivity index (χ0) is 49.9. The zero-order valence-electron chi connectivity index (χ0n) is 43.2. The first kappa shape index (κ1) is 49.6. The predicted molar refractivity (Wildman–Crippen MR) is 303 cm³/mol. The van der Waals surface area contributed by atoms with Crippen LogP contribution in [0, 0.1) is 94.8 Å². The molecule has 0 heteroatoms. The highest BCUT2D eigenvalue weighted by Crippen LogP contribution is 2.43. The van der Waals surface area contributed by atoms with Crippen molar-refractivity contribution in [2.45, 2.75) is 81.6 Å². The minimum Gasteiger partial charge on any atom is -0.0811 e. The van der Waals surface area contributed by atoms with E-state index < -0.39 is 0 Å². The molecule has 6 aromatic carbocycles. The maximum Gasteiger partial charge on any atom is 0.0427 e. The molecular formula is C71H66. The molecule has 0 amide bonds. The van der Waals surface area contributed by atoms with Crippen LogP contribution in [0.5, 0.6) is 0 Å². The lowest BCUT2D eigenvalue weighted by molar-refractivity contribution is 0.560. The molecule has 0 spiro atoms. The molecule has 0 N–H and O–H groups in total. The first-order valence-corrected chi connectivity index (χ1v) is 25.3. The van der Waals surface area contributed by atoms with Crippen LogP contribution < -0.4 is 0 Å². The Bertz CT molecular complexity index is 3290. The van der Waals surface area contributed by atoms with Gasteiger partial charge in [-0.15, -0.1) is 0 Å². The van der Waals surface area contributed by atoms with Crippen molar-refractivity contribution < 1.29 is 0 Å². The van der Waals surface area contributed by atoms with E-state index in [0.29, 0.717) is 18.8 Å². The van der Waals surface area contributed by atoms with Gasteiger partial charge in [0, 0.05) is 56.9 Å². The van der Waals surface area contributed by atoms with Gasteiger partial charge in [0.15, 0.2) is 0 Å². The summed E-state index contributed by atoms with van der Waals surface area (Å²) < 4.78 is 0. The van der Waals surface area contributed by atoms with Crippen molar-refractivity contribution in [2.75, 3.05) is 0 Å². The van der Waals surface area contributed by atoms with E-state index in [1.807, 2.05) is 0 Å². The third-order valence-electron chi connectivity index (χ3n) is 13.6. The molecule has 0 aromatic heterocycles. The molecule has 350 valence electrons. The van der Waals surface area contributed by atoms with Gasteiger partial charge in [0.25, 0.3) is 0 Å². The molecule has 0 nitrogen and oxygen atoms in total. The zero-order valence-corrected chi connectivity index (χ0v) is 43.2. The second-order valence-corrected chi connectivity index (χ2v) is 19.9. The largest absolute Gasteiger partial charge is 0.0811 e. The fourth-order valence-electron chi connectivity index (χ4n) is 9.24. The lowest BCUT2D eigenvalue weighted by Crippen LogP contribution is -2.18. The SMILES string of the molecule is CC1=CC(C)C(/C(Cc2ccc(C)cc2)=C(C#Cc2ccc(C)cc2)/C(=C(C#Cc2ccc(C)cc2)\C(=C(\C#Cc2ccc(C)cc2)CC2=CCC(C)C=C2)c2ccc(C)cc2)c2ccc(C)cc2)C=C1. The van der Waals surface area contributed by atoms with Gasteiger partial charge in [0.2, 0.25) is 0 Å². The summed E-state index contributed by atoms with van der Waals surface area (Å²) in [6, 6.07) is 52.7. The van der Waals surface area contributed by atoms with Crippen molar-refractivity contribution in [3.05, 3.63) is 282 Å². The van der Waals surface area contributed by atoms with Crippen LogP contribution >= 0.6 is 0 Å². The molecule has 0 saturated carbocycles. The third kappa shape index (κ3) is 13.3. The maximum atomic E-state index is 3.99. The number of benzene rings is 6. The second kappa shape index (κ2) is 23.2. The number of allylic oxidation sites excluding steroid dienone is 14. The van der Waals surface area contributed by atoms with Gasteiger partial charge >= 0.3 is 0 Å². The monoisotopic (exact) mass is 919 g/mol. The van der Waals surface area contributed by atoms with Gasteiger partial charge < -0.3 is 0 Å². The van der Waals surface area contributed by atoms with E-state index in [9.17, 15) is 0 Å². The Hall–Kier alpha value is -7.82. The van der Waals surface area contributed by atoms with E-state index in [0.717, 1.165) is 62.1 Å². The highest BCUT2D eigenvalue weighted by Gasteiger charge is 2.28. The quantitative estimate of drug-likeness (QED) is 0.100. The number of hydrogen-bond donors (Lipinski definition) is 0. The van der Waals surface area contributed by atoms with Crippen molar-refractivity contribution in [1.29, 1.82) is 0 Å². The Kier molecular flexibility index (Phi) is 16.2.